The van der Waals surface area contributed by atoms with Crippen LogP contribution in [0.5, 0.6) is 0 Å². The van der Waals surface area contributed by atoms with Crippen molar-refractivity contribution in [3.8, 4) is 0 Å². The zero-order chi connectivity index (χ0) is 11.5. The minimum absolute atomic E-state index is 0.0802. The Kier molecular flexibility index (Phi) is 3.08. The maximum absolute atomic E-state index is 11.6. The van der Waals surface area contributed by atoms with Gasteiger partial charge in [0.25, 0.3) is 0 Å². The molecule has 0 saturated carbocycles. The summed E-state index contributed by atoms with van der Waals surface area (Å²) in [5.74, 6) is 0. The summed E-state index contributed by atoms with van der Waals surface area (Å²) in [7, 11) is 0. The summed E-state index contributed by atoms with van der Waals surface area (Å²) >= 11 is -0.0802. The van der Waals surface area contributed by atoms with Crippen molar-refractivity contribution in [2.75, 3.05) is 0 Å². The van der Waals surface area contributed by atoms with E-state index < -0.39 is 5.69 Å². The van der Waals surface area contributed by atoms with E-state index in [4.69, 9.17) is 0 Å². The van der Waals surface area contributed by atoms with Crippen molar-refractivity contribution < 1.29 is 0 Å². The molecule has 4 nitrogen and oxygen atoms in total. The second kappa shape index (κ2) is 4.51. The van der Waals surface area contributed by atoms with Crippen LogP contribution in [-0.2, 0) is 0 Å². The van der Waals surface area contributed by atoms with Gasteiger partial charge in [-0.25, -0.2) is 0 Å². The van der Waals surface area contributed by atoms with Crippen molar-refractivity contribution in [3.63, 3.8) is 0 Å². The third kappa shape index (κ3) is 2.32. The Labute approximate surface area is 97.9 Å². The van der Waals surface area contributed by atoms with Gasteiger partial charge < -0.3 is 0 Å². The van der Waals surface area contributed by atoms with Gasteiger partial charge in [-0.3, -0.25) is 0 Å². The van der Waals surface area contributed by atoms with Crippen LogP contribution in [0.2, 0.25) is 0 Å². The molecule has 2 N–H and O–H groups in total. The Morgan fingerprint density at radius 3 is 2.38 bits per heavy atom. The standard InChI is InChI=1S/C11H10N2O2Se/c1-7-9(10(14)13-11(15)12-7)16-8-5-3-2-4-6-8/h2-6H,1H3,(H2,12,13,14,15). The number of hydrogen-bond donors (Lipinski definition) is 2. The molecule has 82 valence electrons. The summed E-state index contributed by atoms with van der Waals surface area (Å²) in [5.41, 5.74) is -0.0854. The van der Waals surface area contributed by atoms with Crippen LogP contribution in [0.25, 0.3) is 0 Å². The molecule has 2 aromatic rings. The molecular formula is C11H10N2O2Se. The normalized spacial score (nSPS) is 10.3. The van der Waals surface area contributed by atoms with Gasteiger partial charge in [-0.05, 0) is 0 Å². The fourth-order valence-electron chi connectivity index (χ4n) is 1.32. The van der Waals surface area contributed by atoms with Crippen LogP contribution in [-0.4, -0.2) is 24.9 Å². The molecule has 16 heavy (non-hydrogen) atoms. The molecule has 0 amide bonds. The van der Waals surface area contributed by atoms with E-state index >= 15 is 0 Å². The number of aryl methyl sites for hydroxylation is 1. The van der Waals surface area contributed by atoms with Crippen LogP contribution in [0.15, 0.2) is 39.9 Å². The Hall–Kier alpha value is -1.58. The molecule has 1 heterocycles. The molecule has 2 rings (SSSR count). The first-order valence-corrected chi connectivity index (χ1v) is 6.44. The molecule has 1 aromatic heterocycles. The zero-order valence-electron chi connectivity index (χ0n) is 8.61. The quantitative estimate of drug-likeness (QED) is 0.695. The monoisotopic (exact) mass is 282 g/mol. The molecule has 0 atom stereocenters. The zero-order valence-corrected chi connectivity index (χ0v) is 10.3. The SMILES string of the molecule is Cc1[nH]c(=O)[nH]c(=O)c1[Se]c1ccccc1. The van der Waals surface area contributed by atoms with Gasteiger partial charge in [0.15, 0.2) is 0 Å². The van der Waals surface area contributed by atoms with E-state index in [2.05, 4.69) is 9.97 Å². The number of benzene rings is 1. The number of nitrogens with one attached hydrogen (secondary N) is 2. The average molecular weight is 281 g/mol. The third-order valence-corrected chi connectivity index (χ3v) is 4.56. The van der Waals surface area contributed by atoms with Crippen LogP contribution in [0, 0.1) is 6.92 Å². The van der Waals surface area contributed by atoms with Crippen LogP contribution in [0.4, 0.5) is 0 Å². The van der Waals surface area contributed by atoms with Gasteiger partial charge >= 0.3 is 97.6 Å². The molecule has 5 heteroatoms. The molecule has 0 saturated heterocycles. The number of rotatable bonds is 2. The van der Waals surface area contributed by atoms with Crippen molar-refractivity contribution in [2.45, 2.75) is 6.92 Å². The first-order chi connectivity index (χ1) is 7.66. The van der Waals surface area contributed by atoms with Crippen molar-refractivity contribution in [1.82, 2.24) is 9.97 Å². The molecule has 1 aromatic carbocycles. The first kappa shape index (κ1) is 10.9. The second-order valence-corrected chi connectivity index (χ2v) is 5.55. The van der Waals surface area contributed by atoms with Crippen LogP contribution >= 0.6 is 0 Å². The number of aromatic nitrogens is 2. The van der Waals surface area contributed by atoms with Crippen LogP contribution in [0.1, 0.15) is 5.69 Å². The van der Waals surface area contributed by atoms with Crippen LogP contribution < -0.4 is 20.2 Å². The number of aromatic amines is 2. The van der Waals surface area contributed by atoms with Gasteiger partial charge in [-0.1, -0.05) is 0 Å². The topological polar surface area (TPSA) is 65.7 Å². The maximum atomic E-state index is 11.6. The second-order valence-electron chi connectivity index (χ2n) is 3.28. The Morgan fingerprint density at radius 2 is 1.75 bits per heavy atom. The van der Waals surface area contributed by atoms with E-state index in [9.17, 15) is 9.59 Å². The molecule has 0 fully saturated rings. The van der Waals surface area contributed by atoms with E-state index in [1.165, 1.54) is 0 Å². The van der Waals surface area contributed by atoms with E-state index in [1.807, 2.05) is 30.3 Å². The van der Waals surface area contributed by atoms with Gasteiger partial charge in [0, 0.05) is 0 Å². The van der Waals surface area contributed by atoms with Gasteiger partial charge in [-0.15, -0.1) is 0 Å². The van der Waals surface area contributed by atoms with Crippen molar-refractivity contribution in [2.24, 2.45) is 0 Å². The molecule has 0 bridgehead atoms. The van der Waals surface area contributed by atoms with Crippen molar-refractivity contribution in [1.29, 1.82) is 0 Å². The summed E-state index contributed by atoms with van der Waals surface area (Å²) in [5, 5.41) is 0. The van der Waals surface area contributed by atoms with E-state index in [0.29, 0.717) is 10.2 Å². The molecule has 0 unspecified atom stereocenters. The molecule has 0 aliphatic carbocycles. The van der Waals surface area contributed by atoms with Gasteiger partial charge in [0.1, 0.15) is 0 Å². The fourth-order valence-corrected chi connectivity index (χ4v) is 3.16. The number of H-pyrrole nitrogens is 2. The van der Waals surface area contributed by atoms with Crippen molar-refractivity contribution >= 4 is 23.9 Å². The van der Waals surface area contributed by atoms with Crippen molar-refractivity contribution in [3.05, 3.63) is 56.9 Å². The summed E-state index contributed by atoms with van der Waals surface area (Å²) in [6, 6.07) is 9.76. The summed E-state index contributed by atoms with van der Waals surface area (Å²) in [4.78, 5) is 27.5. The molecule has 0 aliphatic rings. The summed E-state index contributed by atoms with van der Waals surface area (Å²) < 4.78 is 1.77. The van der Waals surface area contributed by atoms with Crippen LogP contribution in [0.3, 0.4) is 0 Å². The molecule has 0 radical (unpaired) electrons. The number of hydrogen-bond acceptors (Lipinski definition) is 2. The predicted molar refractivity (Wildman–Crippen MR) is 63.9 cm³/mol. The molecule has 0 spiro atoms. The molecule has 0 aliphatic heterocycles. The Bertz CT molecular complexity index is 601. The average Bonchev–Trinajstić information content (AvgIpc) is 2.25. The van der Waals surface area contributed by atoms with E-state index in [-0.39, 0.29) is 20.5 Å². The Morgan fingerprint density at radius 1 is 1.06 bits per heavy atom. The van der Waals surface area contributed by atoms with Gasteiger partial charge in [-0.2, -0.15) is 0 Å². The summed E-state index contributed by atoms with van der Waals surface area (Å²) in [6.45, 7) is 1.75. The van der Waals surface area contributed by atoms with Gasteiger partial charge in [0.2, 0.25) is 0 Å². The van der Waals surface area contributed by atoms with Gasteiger partial charge in [0.05, 0.1) is 0 Å². The predicted octanol–water partition coefficient (Wildman–Crippen LogP) is -0.973. The third-order valence-electron chi connectivity index (χ3n) is 2.04. The fraction of sp³-hybridized carbons (Fsp3) is 0.0909. The van der Waals surface area contributed by atoms with E-state index in [0.717, 1.165) is 4.46 Å². The Balaban J connectivity index is 2.43. The minimum atomic E-state index is -0.449. The first-order valence-electron chi connectivity index (χ1n) is 4.73. The van der Waals surface area contributed by atoms with E-state index in [1.54, 1.807) is 6.92 Å². The summed E-state index contributed by atoms with van der Waals surface area (Å²) in [6.07, 6.45) is 0. The molecular weight excluding hydrogens is 271 g/mol.